The first-order valence-corrected chi connectivity index (χ1v) is 6.67. The summed E-state index contributed by atoms with van der Waals surface area (Å²) in [5.41, 5.74) is 9.31. The van der Waals surface area contributed by atoms with Crippen LogP contribution in [-0.2, 0) is 0 Å². The van der Waals surface area contributed by atoms with Gasteiger partial charge in [-0.1, -0.05) is 18.3 Å². The lowest BCUT2D eigenvalue weighted by atomic mass is 10.00. The van der Waals surface area contributed by atoms with Crippen molar-refractivity contribution in [1.82, 2.24) is 0 Å². The molecule has 3 heteroatoms. The molecule has 1 saturated heterocycles. The molecule has 1 atom stereocenters. The highest BCUT2D eigenvalue weighted by molar-refractivity contribution is 7.80. The molecular weight excluding hydrogens is 228 g/mol. The largest absolute Gasteiger partial charge is 0.389 e. The van der Waals surface area contributed by atoms with Gasteiger partial charge in [0.1, 0.15) is 4.99 Å². The minimum Gasteiger partial charge on any atom is -0.389 e. The SMILES string of the molecule is Cc1ccc(C(N)=S)c(N2CCCCC2C)c1. The molecule has 1 aliphatic heterocycles. The van der Waals surface area contributed by atoms with Crippen molar-refractivity contribution >= 4 is 22.9 Å². The Hall–Kier alpha value is -1.09. The fourth-order valence-electron chi connectivity index (χ4n) is 2.54. The van der Waals surface area contributed by atoms with Crippen molar-refractivity contribution in [3.63, 3.8) is 0 Å². The van der Waals surface area contributed by atoms with Crippen LogP contribution < -0.4 is 10.6 Å². The van der Waals surface area contributed by atoms with E-state index >= 15 is 0 Å². The molecule has 0 aromatic heterocycles. The summed E-state index contributed by atoms with van der Waals surface area (Å²) in [6, 6.07) is 6.91. The van der Waals surface area contributed by atoms with E-state index in [0.29, 0.717) is 11.0 Å². The molecule has 1 fully saturated rings. The van der Waals surface area contributed by atoms with Gasteiger partial charge in [-0.05, 0) is 50.8 Å². The van der Waals surface area contributed by atoms with Crippen LogP contribution in [0.1, 0.15) is 37.3 Å². The molecule has 2 N–H and O–H groups in total. The minimum atomic E-state index is 0.498. The van der Waals surface area contributed by atoms with Crippen molar-refractivity contribution in [1.29, 1.82) is 0 Å². The first-order valence-electron chi connectivity index (χ1n) is 6.26. The van der Waals surface area contributed by atoms with Crippen LogP contribution in [0.4, 0.5) is 5.69 Å². The molecule has 92 valence electrons. The number of hydrogen-bond acceptors (Lipinski definition) is 2. The first kappa shape index (κ1) is 12.4. The van der Waals surface area contributed by atoms with Crippen LogP contribution in [0.5, 0.6) is 0 Å². The van der Waals surface area contributed by atoms with E-state index in [1.807, 2.05) is 6.07 Å². The molecule has 17 heavy (non-hydrogen) atoms. The van der Waals surface area contributed by atoms with Gasteiger partial charge in [0.15, 0.2) is 0 Å². The third-order valence-electron chi connectivity index (χ3n) is 3.53. The summed E-state index contributed by atoms with van der Waals surface area (Å²) in [4.78, 5) is 2.95. The lowest BCUT2D eigenvalue weighted by Crippen LogP contribution is -2.38. The molecule has 1 aromatic carbocycles. The Balaban J connectivity index is 2.41. The molecule has 0 amide bonds. The van der Waals surface area contributed by atoms with Crippen molar-refractivity contribution in [3.8, 4) is 0 Å². The highest BCUT2D eigenvalue weighted by Crippen LogP contribution is 2.28. The maximum atomic E-state index is 5.82. The second kappa shape index (κ2) is 5.05. The zero-order valence-electron chi connectivity index (χ0n) is 10.6. The van der Waals surface area contributed by atoms with Crippen LogP contribution in [0.15, 0.2) is 18.2 Å². The number of rotatable bonds is 2. The Labute approximate surface area is 109 Å². The Kier molecular flexibility index (Phi) is 3.67. The van der Waals surface area contributed by atoms with E-state index in [1.54, 1.807) is 0 Å². The van der Waals surface area contributed by atoms with Crippen LogP contribution in [-0.4, -0.2) is 17.6 Å². The van der Waals surface area contributed by atoms with Crippen LogP contribution in [0, 0.1) is 6.92 Å². The Morgan fingerprint density at radius 2 is 2.18 bits per heavy atom. The van der Waals surface area contributed by atoms with Gasteiger partial charge < -0.3 is 10.6 Å². The second-order valence-electron chi connectivity index (χ2n) is 4.92. The average molecular weight is 248 g/mol. The second-order valence-corrected chi connectivity index (χ2v) is 5.36. The van der Waals surface area contributed by atoms with Crippen molar-refractivity contribution < 1.29 is 0 Å². The van der Waals surface area contributed by atoms with E-state index in [9.17, 15) is 0 Å². The number of aryl methyl sites for hydroxylation is 1. The molecule has 0 spiro atoms. The predicted octanol–water partition coefficient (Wildman–Crippen LogP) is 3.01. The van der Waals surface area contributed by atoms with Crippen molar-refractivity contribution in [2.24, 2.45) is 5.73 Å². The molecule has 2 rings (SSSR count). The standard InChI is InChI=1S/C14H20N2S/c1-10-6-7-12(14(15)17)13(9-10)16-8-4-3-5-11(16)2/h6-7,9,11H,3-5,8H2,1-2H3,(H2,15,17). The lowest BCUT2D eigenvalue weighted by molar-refractivity contribution is 0.484. The average Bonchev–Trinajstić information content (AvgIpc) is 2.29. The minimum absolute atomic E-state index is 0.498. The summed E-state index contributed by atoms with van der Waals surface area (Å²) in [7, 11) is 0. The van der Waals surface area contributed by atoms with E-state index in [-0.39, 0.29) is 0 Å². The van der Waals surface area contributed by atoms with Gasteiger partial charge in [-0.3, -0.25) is 0 Å². The normalized spacial score (nSPS) is 20.4. The van der Waals surface area contributed by atoms with E-state index in [2.05, 4.69) is 30.9 Å². The van der Waals surface area contributed by atoms with Crippen LogP contribution in [0.2, 0.25) is 0 Å². The van der Waals surface area contributed by atoms with Gasteiger partial charge in [-0.25, -0.2) is 0 Å². The van der Waals surface area contributed by atoms with Crippen molar-refractivity contribution in [3.05, 3.63) is 29.3 Å². The Morgan fingerprint density at radius 1 is 1.41 bits per heavy atom. The summed E-state index contributed by atoms with van der Waals surface area (Å²) in [5.74, 6) is 0. The highest BCUT2D eigenvalue weighted by atomic mass is 32.1. The summed E-state index contributed by atoms with van der Waals surface area (Å²) < 4.78 is 0. The van der Waals surface area contributed by atoms with Gasteiger partial charge in [-0.2, -0.15) is 0 Å². The molecule has 1 heterocycles. The molecule has 1 aliphatic rings. The molecule has 2 nitrogen and oxygen atoms in total. The topological polar surface area (TPSA) is 29.3 Å². The lowest BCUT2D eigenvalue weighted by Gasteiger charge is -2.36. The summed E-state index contributed by atoms with van der Waals surface area (Å²) in [6.07, 6.45) is 3.84. The molecule has 0 saturated carbocycles. The maximum Gasteiger partial charge on any atom is 0.106 e. The number of nitrogens with two attached hydrogens (primary N) is 1. The third kappa shape index (κ3) is 2.60. The number of nitrogens with zero attached hydrogens (tertiary/aromatic N) is 1. The number of benzene rings is 1. The van der Waals surface area contributed by atoms with Gasteiger partial charge in [0.25, 0.3) is 0 Å². The molecule has 0 bridgehead atoms. The first-order chi connectivity index (χ1) is 8.09. The molecule has 0 aliphatic carbocycles. The quantitative estimate of drug-likeness (QED) is 0.816. The number of anilines is 1. The van der Waals surface area contributed by atoms with Gasteiger partial charge in [0.2, 0.25) is 0 Å². The fourth-order valence-corrected chi connectivity index (χ4v) is 2.72. The third-order valence-corrected chi connectivity index (χ3v) is 3.75. The maximum absolute atomic E-state index is 5.82. The molecular formula is C14H20N2S. The van der Waals surface area contributed by atoms with Crippen LogP contribution >= 0.6 is 12.2 Å². The Morgan fingerprint density at radius 3 is 2.82 bits per heavy atom. The smallest absolute Gasteiger partial charge is 0.106 e. The predicted molar refractivity (Wildman–Crippen MR) is 77.7 cm³/mol. The zero-order chi connectivity index (χ0) is 12.4. The zero-order valence-corrected chi connectivity index (χ0v) is 11.4. The van der Waals surface area contributed by atoms with E-state index < -0.39 is 0 Å². The van der Waals surface area contributed by atoms with Crippen molar-refractivity contribution in [2.45, 2.75) is 39.2 Å². The summed E-state index contributed by atoms with van der Waals surface area (Å²) in [5, 5.41) is 0. The van der Waals surface area contributed by atoms with E-state index in [0.717, 1.165) is 12.1 Å². The number of hydrogen-bond donors (Lipinski definition) is 1. The van der Waals surface area contributed by atoms with Gasteiger partial charge in [0.05, 0.1) is 0 Å². The monoisotopic (exact) mass is 248 g/mol. The fraction of sp³-hybridized carbons (Fsp3) is 0.500. The highest BCUT2D eigenvalue weighted by Gasteiger charge is 2.21. The van der Waals surface area contributed by atoms with Gasteiger partial charge in [0, 0.05) is 23.8 Å². The van der Waals surface area contributed by atoms with Gasteiger partial charge >= 0.3 is 0 Å². The summed E-state index contributed by atoms with van der Waals surface area (Å²) >= 11 is 5.15. The molecule has 1 aromatic rings. The Bertz CT molecular complexity index is 428. The van der Waals surface area contributed by atoms with E-state index in [1.165, 1.54) is 30.5 Å². The number of thiocarbonyl (C=S) groups is 1. The molecule has 0 radical (unpaired) electrons. The van der Waals surface area contributed by atoms with Crippen LogP contribution in [0.3, 0.4) is 0 Å². The van der Waals surface area contributed by atoms with Crippen LogP contribution in [0.25, 0.3) is 0 Å². The van der Waals surface area contributed by atoms with E-state index in [4.69, 9.17) is 18.0 Å². The van der Waals surface area contributed by atoms with Crippen molar-refractivity contribution in [2.75, 3.05) is 11.4 Å². The molecule has 1 unspecified atom stereocenters. The van der Waals surface area contributed by atoms with Gasteiger partial charge in [-0.15, -0.1) is 0 Å². The summed E-state index contributed by atoms with van der Waals surface area (Å²) in [6.45, 7) is 5.51. The number of piperidine rings is 1.